The third-order valence-corrected chi connectivity index (χ3v) is 1.73. The SMILES string of the molecule is [Na+].[O-]CC(F)(F)C(F)(F)C(F)(F)C(F)(F)C(F)F. The maximum atomic E-state index is 12.3. The van der Waals surface area contributed by atoms with Crippen LogP contribution >= 0.6 is 0 Å². The molecule has 0 radical (unpaired) electrons. The molecule has 0 fully saturated rings. The predicted molar refractivity (Wildman–Crippen MR) is 30.7 cm³/mol. The first-order chi connectivity index (χ1) is 7.25. The summed E-state index contributed by atoms with van der Waals surface area (Å²) in [6.07, 6.45) is -5.30. The maximum absolute atomic E-state index is 12.3. The molecule has 0 unspecified atom stereocenters. The maximum Gasteiger partial charge on any atom is 1.00 e. The molecule has 12 heteroatoms. The van der Waals surface area contributed by atoms with Crippen molar-refractivity contribution in [3.05, 3.63) is 0 Å². The van der Waals surface area contributed by atoms with Crippen LogP contribution in [0.1, 0.15) is 0 Å². The second-order valence-electron chi connectivity index (χ2n) is 2.92. The van der Waals surface area contributed by atoms with E-state index < -0.39 is 36.7 Å². The molecule has 0 aliphatic heterocycles. The molecule has 18 heavy (non-hydrogen) atoms. The fourth-order valence-electron chi connectivity index (χ4n) is 0.667. The van der Waals surface area contributed by atoms with Crippen LogP contribution in [0.5, 0.6) is 0 Å². The normalized spacial score (nSPS) is 14.7. The van der Waals surface area contributed by atoms with Gasteiger partial charge in [-0.2, -0.15) is 26.3 Å². The van der Waals surface area contributed by atoms with Crippen LogP contribution in [0, 0.1) is 0 Å². The molecule has 0 aromatic rings. The molecule has 0 N–H and O–H groups in total. The Morgan fingerprint density at radius 2 is 1.11 bits per heavy atom. The number of hydrogen-bond acceptors (Lipinski definition) is 1. The largest absolute Gasteiger partial charge is 1.00 e. The molecular weight excluding hydrogens is 301 g/mol. The van der Waals surface area contributed by atoms with E-state index in [9.17, 15) is 49.0 Å². The Morgan fingerprint density at radius 1 is 0.778 bits per heavy atom. The van der Waals surface area contributed by atoms with Crippen molar-refractivity contribution in [3.63, 3.8) is 0 Å². The molecule has 0 aliphatic carbocycles. The van der Waals surface area contributed by atoms with Crippen molar-refractivity contribution < 1.29 is 78.6 Å². The monoisotopic (exact) mass is 304 g/mol. The Bertz CT molecular complexity index is 278. The van der Waals surface area contributed by atoms with Crippen LogP contribution in [-0.2, 0) is 0 Å². The summed E-state index contributed by atoms with van der Waals surface area (Å²) in [5.41, 5.74) is 0. The molecule has 0 aromatic heterocycles. The summed E-state index contributed by atoms with van der Waals surface area (Å²) >= 11 is 0. The Kier molecular flexibility index (Phi) is 6.53. The van der Waals surface area contributed by atoms with Gasteiger partial charge < -0.3 is 5.11 Å². The molecule has 1 nitrogen and oxygen atoms in total. The Balaban J connectivity index is 0. The Morgan fingerprint density at radius 3 is 1.33 bits per heavy atom. The van der Waals surface area contributed by atoms with E-state index in [0.29, 0.717) is 0 Å². The van der Waals surface area contributed by atoms with Crippen LogP contribution < -0.4 is 34.7 Å². The summed E-state index contributed by atoms with van der Waals surface area (Å²) in [5, 5.41) is 9.55. The van der Waals surface area contributed by atoms with Gasteiger partial charge in [0.1, 0.15) is 0 Å². The molecule has 104 valence electrons. The third-order valence-electron chi connectivity index (χ3n) is 1.73. The number of halogens is 10. The molecule has 0 saturated heterocycles. The molecule has 0 aliphatic rings. The van der Waals surface area contributed by atoms with Gasteiger partial charge in [0.15, 0.2) is 0 Å². The number of rotatable bonds is 5. The van der Waals surface area contributed by atoms with Crippen LogP contribution in [0.2, 0.25) is 0 Å². The van der Waals surface area contributed by atoms with Crippen molar-refractivity contribution >= 4 is 0 Å². The van der Waals surface area contributed by atoms with Gasteiger partial charge in [0.2, 0.25) is 0 Å². The van der Waals surface area contributed by atoms with Gasteiger partial charge >= 0.3 is 59.7 Å². The van der Waals surface area contributed by atoms with Gasteiger partial charge in [-0.15, -0.1) is 0 Å². The van der Waals surface area contributed by atoms with E-state index in [1.165, 1.54) is 0 Å². The van der Waals surface area contributed by atoms with E-state index in [2.05, 4.69) is 0 Å². The van der Waals surface area contributed by atoms with Crippen LogP contribution in [0.25, 0.3) is 0 Å². The van der Waals surface area contributed by atoms with Gasteiger partial charge in [-0.05, 0) is 0 Å². The minimum Gasteiger partial charge on any atom is -0.850 e. The average Bonchev–Trinajstić information content (AvgIpc) is 2.16. The molecule has 0 amide bonds. The zero-order chi connectivity index (χ0) is 14.3. The summed E-state index contributed by atoms with van der Waals surface area (Å²) in [4.78, 5) is 0. The van der Waals surface area contributed by atoms with Gasteiger partial charge in [0.05, 0.1) is 0 Å². The summed E-state index contributed by atoms with van der Waals surface area (Å²) in [6, 6.07) is 0. The average molecular weight is 304 g/mol. The quantitative estimate of drug-likeness (QED) is 0.480. The van der Waals surface area contributed by atoms with E-state index in [4.69, 9.17) is 0 Å². The van der Waals surface area contributed by atoms with Crippen LogP contribution in [-0.4, -0.2) is 36.7 Å². The summed E-state index contributed by atoms with van der Waals surface area (Å²) in [7, 11) is 0. The second kappa shape index (κ2) is 5.71. The van der Waals surface area contributed by atoms with E-state index in [0.717, 1.165) is 0 Å². The van der Waals surface area contributed by atoms with Gasteiger partial charge in [-0.1, -0.05) is 6.61 Å². The van der Waals surface area contributed by atoms with E-state index in [-0.39, 0.29) is 29.6 Å². The molecule has 0 spiro atoms. The van der Waals surface area contributed by atoms with E-state index in [1.807, 2.05) is 0 Å². The smallest absolute Gasteiger partial charge is 0.850 e. The van der Waals surface area contributed by atoms with Crippen molar-refractivity contribution in [3.8, 4) is 0 Å². The summed E-state index contributed by atoms with van der Waals surface area (Å²) < 4.78 is 121. The van der Waals surface area contributed by atoms with Gasteiger partial charge in [0, 0.05) is 0 Å². The molecule has 0 rings (SSSR count). The first-order valence-corrected chi connectivity index (χ1v) is 3.63. The fourth-order valence-corrected chi connectivity index (χ4v) is 0.667. The minimum atomic E-state index is -7.07. The Hall–Kier alpha value is 0.260. The predicted octanol–water partition coefficient (Wildman–Crippen LogP) is -0.843. The number of alkyl halides is 10. The summed E-state index contributed by atoms with van der Waals surface area (Å²) in [5.74, 6) is -26.8. The van der Waals surface area contributed by atoms with E-state index >= 15 is 0 Å². The number of hydrogen-bond donors (Lipinski definition) is 0. The van der Waals surface area contributed by atoms with Crippen molar-refractivity contribution in [2.24, 2.45) is 0 Å². The van der Waals surface area contributed by atoms with Crippen molar-refractivity contribution in [1.82, 2.24) is 0 Å². The topological polar surface area (TPSA) is 23.1 Å². The Labute approximate surface area is 115 Å². The molecule has 0 atom stereocenters. The van der Waals surface area contributed by atoms with Crippen LogP contribution in [0.4, 0.5) is 43.9 Å². The minimum absolute atomic E-state index is 0. The van der Waals surface area contributed by atoms with Crippen molar-refractivity contribution in [2.45, 2.75) is 30.1 Å². The van der Waals surface area contributed by atoms with Crippen molar-refractivity contribution in [1.29, 1.82) is 0 Å². The zero-order valence-corrected chi connectivity index (χ0v) is 10.5. The summed E-state index contributed by atoms with van der Waals surface area (Å²) in [6.45, 7) is -3.16. The molecule has 0 saturated carbocycles. The van der Waals surface area contributed by atoms with Crippen LogP contribution in [0.3, 0.4) is 0 Å². The van der Waals surface area contributed by atoms with Gasteiger partial charge in [0.25, 0.3) is 0 Å². The van der Waals surface area contributed by atoms with Gasteiger partial charge in [-0.3, -0.25) is 0 Å². The third kappa shape index (κ3) is 2.88. The first kappa shape index (κ1) is 20.6. The van der Waals surface area contributed by atoms with Crippen LogP contribution in [0.15, 0.2) is 0 Å². The molecule has 0 aromatic carbocycles. The van der Waals surface area contributed by atoms with Crippen molar-refractivity contribution in [2.75, 3.05) is 6.61 Å². The zero-order valence-electron chi connectivity index (χ0n) is 8.47. The second-order valence-corrected chi connectivity index (χ2v) is 2.92. The fraction of sp³-hybridized carbons (Fsp3) is 1.00. The van der Waals surface area contributed by atoms with E-state index in [1.54, 1.807) is 0 Å². The molecule has 0 bridgehead atoms. The molecular formula is C6H3F10NaO. The van der Waals surface area contributed by atoms with Gasteiger partial charge in [-0.25, -0.2) is 17.6 Å². The molecule has 0 heterocycles. The first-order valence-electron chi connectivity index (χ1n) is 3.63. The standard InChI is InChI=1S/C6H3F10O.Na/c7-2(8)4(11,12)6(15,16)5(13,14)3(9,10)1-17;/h2H,1H2;/q-1;+1.